The third kappa shape index (κ3) is 2.78. The van der Waals surface area contributed by atoms with Crippen molar-refractivity contribution in [2.24, 2.45) is 0 Å². The van der Waals surface area contributed by atoms with Crippen LogP contribution in [0.15, 0.2) is 9.32 Å². The Labute approximate surface area is 164 Å². The quantitative estimate of drug-likeness (QED) is 0.857. The van der Waals surface area contributed by atoms with Gasteiger partial charge in [-0.15, -0.1) is 0 Å². The van der Waals surface area contributed by atoms with Gasteiger partial charge in [-0.3, -0.25) is 4.79 Å². The topological polar surface area (TPSA) is 87.9 Å². The van der Waals surface area contributed by atoms with Crippen LogP contribution in [0, 0.1) is 0 Å². The number of aromatic amines is 1. The van der Waals surface area contributed by atoms with Gasteiger partial charge in [0.2, 0.25) is 5.89 Å². The third-order valence-electron chi connectivity index (χ3n) is 6.97. The first-order valence-electron chi connectivity index (χ1n) is 10.6. The van der Waals surface area contributed by atoms with E-state index in [0.717, 1.165) is 80.5 Å². The van der Waals surface area contributed by atoms with E-state index < -0.39 is 0 Å². The Morgan fingerprint density at radius 1 is 1.14 bits per heavy atom. The van der Waals surface area contributed by atoms with Crippen molar-refractivity contribution in [3.05, 3.63) is 33.3 Å². The van der Waals surface area contributed by atoms with Gasteiger partial charge in [0.25, 0.3) is 11.5 Å². The summed E-state index contributed by atoms with van der Waals surface area (Å²) < 4.78 is 5.50. The van der Waals surface area contributed by atoms with E-state index in [1.54, 1.807) is 0 Å². The van der Waals surface area contributed by atoms with E-state index in [1.165, 1.54) is 6.42 Å². The molecule has 2 aromatic heterocycles. The number of hydrogen-bond acceptors (Lipinski definition) is 6. The maximum Gasteiger partial charge on any atom is 0.266 e. The van der Waals surface area contributed by atoms with Gasteiger partial charge in [-0.2, -0.15) is 4.98 Å². The maximum absolute atomic E-state index is 12.7. The van der Waals surface area contributed by atoms with E-state index in [0.29, 0.717) is 5.92 Å². The molecule has 2 fully saturated rings. The number of nitrogens with zero attached hydrogens (tertiary/aromatic N) is 4. The molecule has 0 unspecified atom stereocenters. The fourth-order valence-corrected chi connectivity index (χ4v) is 4.80. The van der Waals surface area contributed by atoms with Gasteiger partial charge < -0.3 is 14.4 Å². The van der Waals surface area contributed by atoms with Gasteiger partial charge in [-0.05, 0) is 43.7 Å². The molecular weight excluding hydrogens is 354 g/mol. The van der Waals surface area contributed by atoms with Gasteiger partial charge in [0, 0.05) is 35.4 Å². The zero-order valence-corrected chi connectivity index (χ0v) is 17.0. The van der Waals surface area contributed by atoms with Crippen LogP contribution in [0.2, 0.25) is 0 Å². The maximum atomic E-state index is 12.7. The van der Waals surface area contributed by atoms with Crippen molar-refractivity contribution in [1.82, 2.24) is 20.1 Å². The number of piperidine rings is 1. The van der Waals surface area contributed by atoms with E-state index in [4.69, 9.17) is 9.51 Å². The first-order chi connectivity index (χ1) is 13.4. The summed E-state index contributed by atoms with van der Waals surface area (Å²) in [6, 6.07) is 0. The van der Waals surface area contributed by atoms with Crippen LogP contribution < -0.4 is 10.5 Å². The Balaban J connectivity index is 1.38. The Bertz CT molecular complexity index is 942. The summed E-state index contributed by atoms with van der Waals surface area (Å²) in [6.07, 6.45) is 7.39. The van der Waals surface area contributed by atoms with Crippen LogP contribution in [0.5, 0.6) is 0 Å². The molecule has 7 heteroatoms. The largest absolute Gasteiger partial charge is 0.338 e. The summed E-state index contributed by atoms with van der Waals surface area (Å²) in [6.45, 7) is 8.04. The van der Waals surface area contributed by atoms with E-state index in [9.17, 15) is 4.79 Å². The molecule has 7 nitrogen and oxygen atoms in total. The number of anilines is 1. The number of H-pyrrole nitrogens is 1. The van der Waals surface area contributed by atoms with E-state index in [-0.39, 0.29) is 16.4 Å². The van der Waals surface area contributed by atoms with Crippen LogP contribution in [-0.4, -0.2) is 33.2 Å². The van der Waals surface area contributed by atoms with Crippen LogP contribution in [0.1, 0.15) is 88.2 Å². The minimum absolute atomic E-state index is 0.0145. The predicted molar refractivity (Wildman–Crippen MR) is 106 cm³/mol. The molecule has 1 saturated heterocycles. The second-order valence-corrected chi connectivity index (χ2v) is 9.82. The average Bonchev–Trinajstić information content (AvgIpc) is 3.20. The number of fused-ring (bicyclic) bond motifs is 2. The zero-order chi connectivity index (χ0) is 19.5. The molecule has 28 heavy (non-hydrogen) atoms. The van der Waals surface area contributed by atoms with Crippen molar-refractivity contribution in [3.8, 4) is 0 Å². The first kappa shape index (κ1) is 17.9. The molecule has 1 aliphatic heterocycles. The van der Waals surface area contributed by atoms with Crippen LogP contribution in [0.3, 0.4) is 0 Å². The fraction of sp³-hybridized carbons (Fsp3) is 0.714. The molecule has 1 spiro atoms. The second-order valence-electron chi connectivity index (χ2n) is 9.82. The van der Waals surface area contributed by atoms with Crippen molar-refractivity contribution in [1.29, 1.82) is 0 Å². The van der Waals surface area contributed by atoms with Gasteiger partial charge in [0.1, 0.15) is 5.82 Å². The van der Waals surface area contributed by atoms with Gasteiger partial charge >= 0.3 is 0 Å². The molecule has 1 saturated carbocycles. The highest BCUT2D eigenvalue weighted by Gasteiger charge is 2.45. The molecule has 2 aliphatic carbocycles. The Hall–Kier alpha value is -2.18. The molecule has 3 aliphatic rings. The smallest absolute Gasteiger partial charge is 0.266 e. The summed E-state index contributed by atoms with van der Waals surface area (Å²) in [7, 11) is 0. The molecule has 0 radical (unpaired) electrons. The van der Waals surface area contributed by atoms with Gasteiger partial charge in [-0.25, -0.2) is 4.98 Å². The molecule has 0 bridgehead atoms. The summed E-state index contributed by atoms with van der Waals surface area (Å²) in [5.74, 6) is 2.79. The lowest BCUT2D eigenvalue weighted by atomic mass is 9.76. The molecule has 150 valence electrons. The highest BCUT2D eigenvalue weighted by Crippen LogP contribution is 2.45. The molecule has 5 rings (SSSR count). The lowest BCUT2D eigenvalue weighted by Gasteiger charge is -2.39. The third-order valence-corrected chi connectivity index (χ3v) is 6.97. The molecule has 1 N–H and O–H groups in total. The average molecular weight is 383 g/mol. The number of aromatic nitrogens is 4. The second kappa shape index (κ2) is 6.16. The molecule has 0 aromatic carbocycles. The van der Waals surface area contributed by atoms with Gasteiger partial charge in [0.05, 0.1) is 5.69 Å². The highest BCUT2D eigenvalue weighted by atomic mass is 16.5. The molecule has 0 amide bonds. The first-order valence-corrected chi connectivity index (χ1v) is 10.6. The van der Waals surface area contributed by atoms with Crippen molar-refractivity contribution in [2.45, 2.75) is 82.5 Å². The summed E-state index contributed by atoms with van der Waals surface area (Å²) in [4.78, 5) is 27.5. The fourth-order valence-electron chi connectivity index (χ4n) is 4.80. The predicted octanol–water partition coefficient (Wildman–Crippen LogP) is 3.20. The Morgan fingerprint density at radius 2 is 1.89 bits per heavy atom. The Kier molecular flexibility index (Phi) is 3.93. The van der Waals surface area contributed by atoms with Crippen LogP contribution >= 0.6 is 0 Å². The molecule has 2 aromatic rings. The van der Waals surface area contributed by atoms with Crippen LogP contribution in [-0.2, 0) is 17.3 Å². The lowest BCUT2D eigenvalue weighted by molar-refractivity contribution is 0.290. The van der Waals surface area contributed by atoms with E-state index in [2.05, 4.69) is 40.8 Å². The highest BCUT2D eigenvalue weighted by molar-refractivity contribution is 5.38. The molecule has 0 atom stereocenters. The van der Waals surface area contributed by atoms with Crippen LogP contribution in [0.25, 0.3) is 0 Å². The summed E-state index contributed by atoms with van der Waals surface area (Å²) in [5.41, 5.74) is 1.84. The number of hydrogen-bond donors (Lipinski definition) is 1. The zero-order valence-electron chi connectivity index (χ0n) is 17.0. The van der Waals surface area contributed by atoms with Crippen molar-refractivity contribution in [3.63, 3.8) is 0 Å². The molecular formula is C21H29N5O2. The minimum Gasteiger partial charge on any atom is -0.338 e. The van der Waals surface area contributed by atoms with Gasteiger partial charge in [-0.1, -0.05) is 27.2 Å². The normalized spacial score (nSPS) is 21.8. The van der Waals surface area contributed by atoms with E-state index >= 15 is 0 Å². The monoisotopic (exact) mass is 383 g/mol. The van der Waals surface area contributed by atoms with Gasteiger partial charge in [0.15, 0.2) is 0 Å². The van der Waals surface area contributed by atoms with Crippen molar-refractivity contribution >= 4 is 5.95 Å². The summed E-state index contributed by atoms with van der Waals surface area (Å²) in [5, 5.41) is 4.23. The van der Waals surface area contributed by atoms with E-state index in [1.807, 2.05) is 0 Å². The van der Waals surface area contributed by atoms with Crippen LogP contribution in [0.4, 0.5) is 5.95 Å². The van der Waals surface area contributed by atoms with Crippen molar-refractivity contribution in [2.75, 3.05) is 18.0 Å². The number of nitrogens with one attached hydrogen (secondary N) is 1. The minimum atomic E-state index is -0.165. The molecule has 3 heterocycles. The van der Waals surface area contributed by atoms with Crippen molar-refractivity contribution < 1.29 is 4.52 Å². The number of rotatable bonds is 2. The Morgan fingerprint density at radius 3 is 2.54 bits per heavy atom. The standard InChI is InChI=1S/C21H29N5O2/c1-20(2,3)18-22-15-14(16(27)23-18)7-8-21(15)9-11-26(12-10-21)19-24-17(28-25-19)13-5-4-6-13/h13H,4-12H2,1-3H3,(H,22,23,27). The lowest BCUT2D eigenvalue weighted by Crippen LogP contribution is -2.43. The SMILES string of the molecule is CC(C)(C)c1nc2c(c(=O)[nH]1)CCC21CCN(c2noc(C3CCC3)n2)CC1. The summed E-state index contributed by atoms with van der Waals surface area (Å²) >= 11 is 0.